The third kappa shape index (κ3) is 0.992. The van der Waals surface area contributed by atoms with Gasteiger partial charge in [-0.25, -0.2) is 0 Å². The molecule has 1 unspecified atom stereocenters. The van der Waals surface area contributed by atoms with Gasteiger partial charge in [-0.15, -0.1) is 0 Å². The summed E-state index contributed by atoms with van der Waals surface area (Å²) in [4.78, 5) is 2.13. The van der Waals surface area contributed by atoms with Crippen molar-refractivity contribution in [3.63, 3.8) is 0 Å². The lowest BCUT2D eigenvalue weighted by Gasteiger charge is -2.37. The van der Waals surface area contributed by atoms with Crippen LogP contribution < -0.4 is 5.73 Å². The van der Waals surface area contributed by atoms with E-state index in [1.165, 1.54) is 0 Å². The van der Waals surface area contributed by atoms with Crippen LogP contribution >= 0.6 is 0 Å². The van der Waals surface area contributed by atoms with Crippen molar-refractivity contribution in [1.82, 2.24) is 4.90 Å². The summed E-state index contributed by atoms with van der Waals surface area (Å²) in [7, 11) is 2.01. The molecule has 0 amide bonds. The maximum absolute atomic E-state index is 8.74. The summed E-state index contributed by atoms with van der Waals surface area (Å²) in [5.74, 6) is 0.319. The number of likely N-dealkylation sites (tertiary alicyclic amines) is 1. The number of nitrogens with two attached hydrogens (primary N) is 1. The van der Waals surface area contributed by atoms with Crippen molar-refractivity contribution in [2.45, 2.75) is 6.23 Å². The van der Waals surface area contributed by atoms with Crippen molar-refractivity contribution < 1.29 is 5.11 Å². The Morgan fingerprint density at radius 1 is 1.75 bits per heavy atom. The Morgan fingerprint density at radius 2 is 2.25 bits per heavy atom. The Hall–Kier alpha value is -0.120. The van der Waals surface area contributed by atoms with Crippen LogP contribution in [0.1, 0.15) is 0 Å². The van der Waals surface area contributed by atoms with Crippen LogP contribution in [0.25, 0.3) is 0 Å². The van der Waals surface area contributed by atoms with E-state index in [0.717, 1.165) is 13.1 Å². The topological polar surface area (TPSA) is 49.5 Å². The molecule has 1 rings (SSSR count). The van der Waals surface area contributed by atoms with Gasteiger partial charge in [-0.2, -0.15) is 0 Å². The summed E-state index contributed by atoms with van der Waals surface area (Å²) in [6.07, 6.45) is -0.605. The van der Waals surface area contributed by atoms with Gasteiger partial charge in [0.2, 0.25) is 0 Å². The molecule has 3 N–H and O–H groups in total. The first kappa shape index (κ1) is 6.01. The lowest BCUT2D eigenvalue weighted by Crippen LogP contribution is -2.52. The van der Waals surface area contributed by atoms with E-state index < -0.39 is 6.23 Å². The predicted molar refractivity (Wildman–Crippen MR) is 31.2 cm³/mol. The molecule has 0 aromatic rings. The van der Waals surface area contributed by atoms with Crippen LogP contribution in [0.3, 0.4) is 0 Å². The summed E-state index contributed by atoms with van der Waals surface area (Å²) >= 11 is 0. The second-order valence-corrected chi connectivity index (χ2v) is 2.47. The van der Waals surface area contributed by atoms with Gasteiger partial charge in [-0.05, 0) is 7.05 Å². The van der Waals surface area contributed by atoms with Crippen molar-refractivity contribution in [3.8, 4) is 0 Å². The largest absolute Gasteiger partial charge is 0.378 e. The fraction of sp³-hybridized carbons (Fsp3) is 1.00. The highest BCUT2D eigenvalue weighted by atomic mass is 16.3. The van der Waals surface area contributed by atoms with E-state index in [-0.39, 0.29) is 0 Å². The van der Waals surface area contributed by atoms with Gasteiger partial charge in [0.1, 0.15) is 6.23 Å². The number of rotatable bonds is 1. The van der Waals surface area contributed by atoms with Crippen LogP contribution in [-0.4, -0.2) is 36.4 Å². The van der Waals surface area contributed by atoms with Gasteiger partial charge in [-0.1, -0.05) is 0 Å². The van der Waals surface area contributed by atoms with Gasteiger partial charge in [0, 0.05) is 19.0 Å². The highest BCUT2D eigenvalue weighted by Gasteiger charge is 2.27. The number of aliphatic hydroxyl groups excluding tert-OH is 1. The second kappa shape index (κ2) is 2.01. The quantitative estimate of drug-likeness (QED) is 0.424. The number of nitrogens with zero attached hydrogens (tertiary/aromatic N) is 1. The minimum atomic E-state index is -0.605. The molecule has 1 aliphatic heterocycles. The highest BCUT2D eigenvalue weighted by Crippen LogP contribution is 2.13. The zero-order valence-corrected chi connectivity index (χ0v) is 5.04. The molecule has 1 atom stereocenters. The number of hydrogen-bond donors (Lipinski definition) is 2. The first-order valence-electron chi connectivity index (χ1n) is 2.82. The van der Waals surface area contributed by atoms with E-state index in [1.807, 2.05) is 7.05 Å². The van der Waals surface area contributed by atoms with Crippen LogP contribution in [0.2, 0.25) is 0 Å². The van der Waals surface area contributed by atoms with E-state index in [0.29, 0.717) is 5.92 Å². The molecule has 0 aromatic carbocycles. The first-order chi connectivity index (χ1) is 3.70. The maximum Gasteiger partial charge on any atom is 0.107 e. The second-order valence-electron chi connectivity index (χ2n) is 2.47. The molecule has 0 aliphatic carbocycles. The molecular formula is C5H12N2O. The lowest BCUT2D eigenvalue weighted by molar-refractivity contribution is 0.0141. The molecule has 0 saturated carbocycles. The average molecular weight is 116 g/mol. The fourth-order valence-corrected chi connectivity index (χ4v) is 0.963. The minimum absolute atomic E-state index is 0.319. The van der Waals surface area contributed by atoms with Gasteiger partial charge >= 0.3 is 0 Å². The Morgan fingerprint density at radius 3 is 2.38 bits per heavy atom. The van der Waals surface area contributed by atoms with Gasteiger partial charge < -0.3 is 15.7 Å². The standard InChI is InChI=1S/C5H12N2O/c1-7-2-4(3-7)5(6)8/h4-5,8H,2-3,6H2,1H3. The van der Waals surface area contributed by atoms with E-state index in [9.17, 15) is 0 Å². The first-order valence-corrected chi connectivity index (χ1v) is 2.82. The van der Waals surface area contributed by atoms with E-state index in [2.05, 4.69) is 4.90 Å². The molecule has 1 aliphatic rings. The smallest absolute Gasteiger partial charge is 0.107 e. The normalized spacial score (nSPS) is 27.4. The predicted octanol–water partition coefficient (Wildman–Crippen LogP) is -1.17. The molecule has 0 aromatic heterocycles. The Balaban J connectivity index is 2.15. The monoisotopic (exact) mass is 116 g/mol. The molecule has 48 valence electrons. The van der Waals surface area contributed by atoms with Crippen LogP contribution in [0.15, 0.2) is 0 Å². The van der Waals surface area contributed by atoms with Crippen molar-refractivity contribution in [3.05, 3.63) is 0 Å². The molecule has 0 radical (unpaired) electrons. The minimum Gasteiger partial charge on any atom is -0.378 e. The van der Waals surface area contributed by atoms with Crippen molar-refractivity contribution in [1.29, 1.82) is 0 Å². The highest BCUT2D eigenvalue weighted by molar-refractivity contribution is 4.79. The Labute approximate surface area is 49.1 Å². The molecule has 1 fully saturated rings. The Kier molecular flexibility index (Phi) is 1.51. The van der Waals surface area contributed by atoms with Crippen molar-refractivity contribution in [2.24, 2.45) is 11.7 Å². The number of aliphatic hydroxyl groups is 1. The summed E-state index contributed by atoms with van der Waals surface area (Å²) in [5, 5.41) is 8.74. The maximum atomic E-state index is 8.74. The van der Waals surface area contributed by atoms with Gasteiger partial charge in [0.05, 0.1) is 0 Å². The SMILES string of the molecule is CN1CC(C(N)O)C1. The number of hydrogen-bond acceptors (Lipinski definition) is 3. The van der Waals surface area contributed by atoms with Crippen LogP contribution in [0.4, 0.5) is 0 Å². The van der Waals surface area contributed by atoms with Crippen LogP contribution in [0, 0.1) is 5.92 Å². The molecule has 1 saturated heterocycles. The van der Waals surface area contributed by atoms with E-state index in [4.69, 9.17) is 10.8 Å². The lowest BCUT2D eigenvalue weighted by atomic mass is 10.00. The van der Waals surface area contributed by atoms with Gasteiger partial charge in [-0.3, -0.25) is 0 Å². The summed E-state index contributed by atoms with van der Waals surface area (Å²) < 4.78 is 0. The van der Waals surface area contributed by atoms with E-state index >= 15 is 0 Å². The third-order valence-electron chi connectivity index (χ3n) is 1.58. The van der Waals surface area contributed by atoms with Crippen LogP contribution in [0.5, 0.6) is 0 Å². The fourth-order valence-electron chi connectivity index (χ4n) is 0.963. The molecule has 0 spiro atoms. The summed E-state index contributed by atoms with van der Waals surface area (Å²) in [6, 6.07) is 0. The molecule has 0 bridgehead atoms. The molecule has 3 nitrogen and oxygen atoms in total. The van der Waals surface area contributed by atoms with E-state index in [1.54, 1.807) is 0 Å². The molecule has 1 heterocycles. The van der Waals surface area contributed by atoms with Gasteiger partial charge in [0.25, 0.3) is 0 Å². The summed E-state index contributed by atoms with van der Waals surface area (Å²) in [6.45, 7) is 1.88. The summed E-state index contributed by atoms with van der Waals surface area (Å²) in [5.41, 5.74) is 5.19. The third-order valence-corrected chi connectivity index (χ3v) is 1.58. The zero-order chi connectivity index (χ0) is 6.15. The molecular weight excluding hydrogens is 104 g/mol. The zero-order valence-electron chi connectivity index (χ0n) is 5.04. The molecule has 8 heavy (non-hydrogen) atoms. The van der Waals surface area contributed by atoms with Crippen molar-refractivity contribution in [2.75, 3.05) is 20.1 Å². The van der Waals surface area contributed by atoms with Crippen molar-refractivity contribution >= 4 is 0 Å². The average Bonchev–Trinajstić information content (AvgIpc) is 1.57. The van der Waals surface area contributed by atoms with Gasteiger partial charge in [0.15, 0.2) is 0 Å². The molecule has 3 heteroatoms. The Bertz CT molecular complexity index is 78.5. The van der Waals surface area contributed by atoms with Crippen LogP contribution in [-0.2, 0) is 0 Å².